The van der Waals surface area contributed by atoms with Gasteiger partial charge in [0.1, 0.15) is 0 Å². The van der Waals surface area contributed by atoms with Gasteiger partial charge < -0.3 is 10.6 Å². The highest BCUT2D eigenvalue weighted by atomic mass is 35.5. The van der Waals surface area contributed by atoms with Gasteiger partial charge in [-0.25, -0.2) is 0 Å². The molecule has 110 valence electrons. The number of nitrogens with two attached hydrogens (primary N) is 1. The number of nitrogen functional groups attached to an aromatic ring is 1. The molecule has 0 bridgehead atoms. The molecule has 0 atom stereocenters. The summed E-state index contributed by atoms with van der Waals surface area (Å²) in [5, 5.41) is 0.502. The molecule has 0 saturated heterocycles. The normalized spacial score (nSPS) is 10.5. The highest BCUT2D eigenvalue weighted by Gasteiger charge is 2.20. The molecule has 0 spiro atoms. The van der Waals surface area contributed by atoms with Crippen molar-refractivity contribution in [2.24, 2.45) is 0 Å². The molecule has 3 nitrogen and oxygen atoms in total. The van der Waals surface area contributed by atoms with Crippen molar-refractivity contribution < 1.29 is 4.79 Å². The second-order valence-corrected chi connectivity index (χ2v) is 5.54. The second kappa shape index (κ2) is 6.37. The zero-order valence-electron chi connectivity index (χ0n) is 11.9. The van der Waals surface area contributed by atoms with Crippen LogP contribution in [0.2, 0.25) is 10.0 Å². The molecule has 0 aromatic heterocycles. The van der Waals surface area contributed by atoms with Crippen LogP contribution in [0.1, 0.15) is 22.8 Å². The molecule has 0 aliphatic carbocycles. The summed E-state index contributed by atoms with van der Waals surface area (Å²) in [5.41, 5.74) is 8.37. The Morgan fingerprint density at radius 1 is 1.24 bits per heavy atom. The van der Waals surface area contributed by atoms with Gasteiger partial charge in [0, 0.05) is 17.9 Å². The van der Waals surface area contributed by atoms with Crippen molar-refractivity contribution in [3.63, 3.8) is 0 Å². The summed E-state index contributed by atoms with van der Waals surface area (Å²) in [4.78, 5) is 14.4. The molecule has 0 aliphatic rings. The molecule has 0 aliphatic heterocycles. The van der Waals surface area contributed by atoms with E-state index in [-0.39, 0.29) is 16.0 Å². The number of halogens is 2. The van der Waals surface area contributed by atoms with Crippen LogP contribution in [0.15, 0.2) is 36.4 Å². The van der Waals surface area contributed by atoms with Crippen LogP contribution in [0.4, 0.5) is 11.4 Å². The first-order chi connectivity index (χ1) is 9.93. The Bertz CT molecular complexity index is 686. The highest BCUT2D eigenvalue weighted by Crippen LogP contribution is 2.30. The number of carbonyl (C=O) groups is 1. The molecule has 2 aromatic rings. The summed E-state index contributed by atoms with van der Waals surface area (Å²) in [7, 11) is 0. The second-order valence-electron chi connectivity index (χ2n) is 4.75. The maximum Gasteiger partial charge on any atom is 0.259 e. The van der Waals surface area contributed by atoms with Gasteiger partial charge in [-0.2, -0.15) is 0 Å². The largest absolute Gasteiger partial charge is 0.399 e. The van der Waals surface area contributed by atoms with E-state index in [2.05, 4.69) is 0 Å². The van der Waals surface area contributed by atoms with E-state index in [1.165, 1.54) is 6.07 Å². The van der Waals surface area contributed by atoms with Crippen LogP contribution in [-0.4, -0.2) is 12.5 Å². The van der Waals surface area contributed by atoms with Gasteiger partial charge in [-0.3, -0.25) is 4.79 Å². The molecule has 0 saturated carbocycles. The van der Waals surface area contributed by atoms with E-state index in [9.17, 15) is 4.79 Å². The minimum absolute atomic E-state index is 0.220. The van der Waals surface area contributed by atoms with Gasteiger partial charge in [-0.1, -0.05) is 35.3 Å². The number of rotatable bonds is 3. The van der Waals surface area contributed by atoms with Crippen molar-refractivity contribution in [2.45, 2.75) is 13.8 Å². The predicted molar refractivity (Wildman–Crippen MR) is 89.4 cm³/mol. The number of benzene rings is 2. The molecule has 0 heterocycles. The Labute approximate surface area is 134 Å². The summed E-state index contributed by atoms with van der Waals surface area (Å²) in [5.74, 6) is -0.220. The van der Waals surface area contributed by atoms with Crippen LogP contribution in [0.25, 0.3) is 0 Å². The molecule has 21 heavy (non-hydrogen) atoms. The van der Waals surface area contributed by atoms with Crippen molar-refractivity contribution in [3.05, 3.63) is 57.6 Å². The lowest BCUT2D eigenvalue weighted by atomic mass is 10.1. The molecule has 0 fully saturated rings. The third-order valence-electron chi connectivity index (χ3n) is 3.16. The molecule has 5 heteroatoms. The fourth-order valence-electron chi connectivity index (χ4n) is 2.15. The number of anilines is 2. The van der Waals surface area contributed by atoms with Crippen molar-refractivity contribution in [3.8, 4) is 0 Å². The van der Waals surface area contributed by atoms with E-state index in [1.54, 1.807) is 11.0 Å². The maximum absolute atomic E-state index is 12.7. The first kappa shape index (κ1) is 15.7. The Morgan fingerprint density at radius 3 is 2.57 bits per heavy atom. The topological polar surface area (TPSA) is 46.3 Å². The van der Waals surface area contributed by atoms with Crippen LogP contribution >= 0.6 is 23.2 Å². The summed E-state index contributed by atoms with van der Waals surface area (Å²) >= 11 is 12.1. The molecular formula is C16H16Cl2N2O. The van der Waals surface area contributed by atoms with Gasteiger partial charge in [0.15, 0.2) is 0 Å². The van der Waals surface area contributed by atoms with E-state index >= 15 is 0 Å². The molecule has 0 radical (unpaired) electrons. The number of aryl methyl sites for hydroxylation is 1. The van der Waals surface area contributed by atoms with Gasteiger partial charge in [-0.05, 0) is 43.7 Å². The van der Waals surface area contributed by atoms with Crippen molar-refractivity contribution >= 4 is 40.5 Å². The minimum Gasteiger partial charge on any atom is -0.399 e. The smallest absolute Gasteiger partial charge is 0.259 e. The van der Waals surface area contributed by atoms with E-state index in [4.69, 9.17) is 28.9 Å². The van der Waals surface area contributed by atoms with Gasteiger partial charge in [0.2, 0.25) is 0 Å². The number of amides is 1. The van der Waals surface area contributed by atoms with Crippen LogP contribution in [0, 0.1) is 6.92 Å². The van der Waals surface area contributed by atoms with Crippen LogP contribution < -0.4 is 10.6 Å². The third-order valence-corrected chi connectivity index (χ3v) is 3.96. The first-order valence-electron chi connectivity index (χ1n) is 6.57. The zero-order valence-corrected chi connectivity index (χ0v) is 13.4. The average molecular weight is 323 g/mol. The molecule has 2 rings (SSSR count). The first-order valence-corrected chi connectivity index (χ1v) is 7.32. The maximum atomic E-state index is 12.7. The molecule has 2 N–H and O–H groups in total. The average Bonchev–Trinajstić information content (AvgIpc) is 2.43. The summed E-state index contributed by atoms with van der Waals surface area (Å²) in [6.45, 7) is 4.40. The minimum atomic E-state index is -0.220. The van der Waals surface area contributed by atoms with E-state index < -0.39 is 0 Å². The van der Waals surface area contributed by atoms with Crippen molar-refractivity contribution in [1.29, 1.82) is 0 Å². The van der Waals surface area contributed by atoms with Crippen LogP contribution in [0.5, 0.6) is 0 Å². The van der Waals surface area contributed by atoms with Crippen molar-refractivity contribution in [2.75, 3.05) is 17.2 Å². The van der Waals surface area contributed by atoms with Gasteiger partial charge >= 0.3 is 0 Å². The summed E-state index contributed by atoms with van der Waals surface area (Å²) in [6.07, 6.45) is 0. The lowest BCUT2D eigenvalue weighted by Crippen LogP contribution is -2.31. The summed E-state index contributed by atoms with van der Waals surface area (Å²) < 4.78 is 0. The Balaban J connectivity index is 2.46. The SMILES string of the molecule is CCN(C(=O)c1cc(N)cc(Cl)c1Cl)c1cccc(C)c1. The quantitative estimate of drug-likeness (QED) is 0.842. The zero-order chi connectivity index (χ0) is 15.6. The van der Waals surface area contributed by atoms with E-state index in [1.807, 2.05) is 38.1 Å². The van der Waals surface area contributed by atoms with Gasteiger partial charge in [-0.15, -0.1) is 0 Å². The molecular weight excluding hydrogens is 307 g/mol. The van der Waals surface area contributed by atoms with Crippen LogP contribution in [-0.2, 0) is 0 Å². The fraction of sp³-hybridized carbons (Fsp3) is 0.188. The van der Waals surface area contributed by atoms with Crippen molar-refractivity contribution in [1.82, 2.24) is 0 Å². The standard InChI is InChI=1S/C16H16Cl2N2O/c1-3-20(12-6-4-5-10(2)7-12)16(21)13-8-11(19)9-14(17)15(13)18/h4-9H,3,19H2,1-2H3. The van der Waals surface area contributed by atoms with Crippen LogP contribution in [0.3, 0.4) is 0 Å². The Kier molecular flexibility index (Phi) is 4.76. The number of nitrogens with zero attached hydrogens (tertiary/aromatic N) is 1. The molecule has 1 amide bonds. The highest BCUT2D eigenvalue weighted by molar-refractivity contribution is 6.44. The predicted octanol–water partition coefficient (Wildman–Crippen LogP) is 4.55. The van der Waals surface area contributed by atoms with Gasteiger partial charge in [0.05, 0.1) is 15.6 Å². The Morgan fingerprint density at radius 2 is 1.95 bits per heavy atom. The monoisotopic (exact) mass is 322 g/mol. The Hall–Kier alpha value is -1.71. The lowest BCUT2D eigenvalue weighted by molar-refractivity contribution is 0.0988. The number of carbonyl (C=O) groups excluding carboxylic acids is 1. The third kappa shape index (κ3) is 3.31. The fourth-order valence-corrected chi connectivity index (χ4v) is 2.57. The summed E-state index contributed by atoms with van der Waals surface area (Å²) in [6, 6.07) is 10.8. The van der Waals surface area contributed by atoms with E-state index in [0.717, 1.165) is 11.3 Å². The molecule has 2 aromatic carbocycles. The number of hydrogen-bond acceptors (Lipinski definition) is 2. The lowest BCUT2D eigenvalue weighted by Gasteiger charge is -2.22. The van der Waals surface area contributed by atoms with E-state index in [0.29, 0.717) is 17.8 Å². The molecule has 0 unspecified atom stereocenters. The van der Waals surface area contributed by atoms with Gasteiger partial charge in [0.25, 0.3) is 5.91 Å². The number of hydrogen-bond donors (Lipinski definition) is 1.